The molecule has 1 N–H and O–H groups in total. The topological polar surface area (TPSA) is 57.6 Å². The van der Waals surface area contributed by atoms with Crippen molar-refractivity contribution in [3.63, 3.8) is 0 Å². The molecule has 0 radical (unpaired) electrons. The molecule has 1 aromatic rings. The minimum atomic E-state index is -0.888. The first-order valence-electron chi connectivity index (χ1n) is 6.84. The monoisotopic (exact) mass is 339 g/mol. The maximum atomic E-state index is 12.2. The maximum absolute atomic E-state index is 12.2. The smallest absolute Gasteiger partial charge is 0.326 e. The Bertz CT molecular complexity index is 504. The Morgan fingerprint density at radius 1 is 1.35 bits per heavy atom. The van der Waals surface area contributed by atoms with Gasteiger partial charge in [0.2, 0.25) is 5.91 Å². The fourth-order valence-electron chi connectivity index (χ4n) is 2.57. The highest BCUT2D eigenvalue weighted by atomic mass is 79.9. The van der Waals surface area contributed by atoms with E-state index in [-0.39, 0.29) is 5.91 Å². The van der Waals surface area contributed by atoms with E-state index in [1.54, 1.807) is 0 Å². The van der Waals surface area contributed by atoms with Crippen molar-refractivity contribution in [2.24, 2.45) is 0 Å². The molecule has 0 bridgehead atoms. The molecule has 20 heavy (non-hydrogen) atoms. The van der Waals surface area contributed by atoms with Crippen LogP contribution in [0.15, 0.2) is 28.7 Å². The molecule has 2 rings (SSSR count). The molecule has 1 aliphatic rings. The maximum Gasteiger partial charge on any atom is 0.326 e. The number of carboxylic acid groups (broad SMARTS) is 1. The van der Waals surface area contributed by atoms with Crippen molar-refractivity contribution in [1.29, 1.82) is 0 Å². The standard InChI is InChI=1S/C15H18BrNO3/c16-12-5-3-4-11(10-12)7-8-14(18)17-9-2-1-6-13(17)15(19)20/h3-5,10,13H,1-2,6-9H2,(H,19,20)/t13-/m1/s1. The Labute approximate surface area is 126 Å². The summed E-state index contributed by atoms with van der Waals surface area (Å²) in [7, 11) is 0. The number of amides is 1. The molecule has 0 saturated carbocycles. The summed E-state index contributed by atoms with van der Waals surface area (Å²) in [6.07, 6.45) is 3.35. The number of aliphatic carboxylic acids is 1. The second-order valence-corrected chi connectivity index (χ2v) is 5.98. The summed E-state index contributed by atoms with van der Waals surface area (Å²) in [5.41, 5.74) is 1.08. The first kappa shape index (κ1) is 15.0. The van der Waals surface area contributed by atoms with Gasteiger partial charge in [0.25, 0.3) is 0 Å². The lowest BCUT2D eigenvalue weighted by Gasteiger charge is -2.33. The first-order chi connectivity index (χ1) is 9.58. The molecule has 0 aromatic heterocycles. The third-order valence-electron chi connectivity index (χ3n) is 3.62. The van der Waals surface area contributed by atoms with E-state index in [0.29, 0.717) is 25.8 Å². The zero-order chi connectivity index (χ0) is 14.5. The lowest BCUT2D eigenvalue weighted by Crippen LogP contribution is -2.48. The van der Waals surface area contributed by atoms with E-state index >= 15 is 0 Å². The molecular weight excluding hydrogens is 322 g/mol. The highest BCUT2D eigenvalue weighted by Crippen LogP contribution is 2.19. The number of nitrogens with zero attached hydrogens (tertiary/aromatic N) is 1. The summed E-state index contributed by atoms with van der Waals surface area (Å²) < 4.78 is 0.990. The molecule has 0 unspecified atom stereocenters. The van der Waals surface area contributed by atoms with Crippen LogP contribution in [0.25, 0.3) is 0 Å². The average molecular weight is 340 g/mol. The van der Waals surface area contributed by atoms with Crippen molar-refractivity contribution >= 4 is 27.8 Å². The van der Waals surface area contributed by atoms with Gasteiger partial charge in [-0.25, -0.2) is 4.79 Å². The minimum absolute atomic E-state index is 0.0583. The molecule has 4 nitrogen and oxygen atoms in total. The van der Waals surface area contributed by atoms with Crippen LogP contribution < -0.4 is 0 Å². The van der Waals surface area contributed by atoms with E-state index in [1.165, 1.54) is 4.90 Å². The predicted molar refractivity (Wildman–Crippen MR) is 79.5 cm³/mol. The normalized spacial score (nSPS) is 18.9. The fraction of sp³-hybridized carbons (Fsp3) is 0.467. The van der Waals surface area contributed by atoms with Gasteiger partial charge in [0.05, 0.1) is 0 Å². The van der Waals surface area contributed by atoms with Gasteiger partial charge in [0, 0.05) is 17.4 Å². The van der Waals surface area contributed by atoms with Gasteiger partial charge < -0.3 is 10.0 Å². The molecule has 0 aliphatic carbocycles. The lowest BCUT2D eigenvalue weighted by atomic mass is 10.0. The molecule has 1 fully saturated rings. The van der Waals surface area contributed by atoms with Crippen LogP contribution in [0.4, 0.5) is 0 Å². The van der Waals surface area contributed by atoms with Crippen molar-refractivity contribution < 1.29 is 14.7 Å². The zero-order valence-corrected chi connectivity index (χ0v) is 12.8. The Balaban J connectivity index is 1.95. The Kier molecular flexibility index (Phi) is 5.17. The second kappa shape index (κ2) is 6.88. The highest BCUT2D eigenvalue weighted by Gasteiger charge is 2.31. The number of benzene rings is 1. The van der Waals surface area contributed by atoms with Crippen molar-refractivity contribution in [3.05, 3.63) is 34.3 Å². The number of carboxylic acids is 1. The fourth-order valence-corrected chi connectivity index (χ4v) is 3.02. The van der Waals surface area contributed by atoms with Crippen LogP contribution in [-0.4, -0.2) is 34.5 Å². The summed E-state index contributed by atoms with van der Waals surface area (Å²) >= 11 is 3.40. The van der Waals surface area contributed by atoms with Crippen LogP contribution in [0.5, 0.6) is 0 Å². The quantitative estimate of drug-likeness (QED) is 0.917. The molecule has 1 saturated heterocycles. The average Bonchev–Trinajstić information content (AvgIpc) is 2.45. The van der Waals surface area contributed by atoms with Crippen molar-refractivity contribution in [2.45, 2.75) is 38.1 Å². The van der Waals surface area contributed by atoms with Crippen LogP contribution in [0.1, 0.15) is 31.2 Å². The van der Waals surface area contributed by atoms with Gasteiger partial charge in [-0.1, -0.05) is 28.1 Å². The lowest BCUT2D eigenvalue weighted by molar-refractivity contribution is -0.152. The Morgan fingerprint density at radius 2 is 2.15 bits per heavy atom. The largest absolute Gasteiger partial charge is 0.480 e. The molecule has 1 amide bonds. The van der Waals surface area contributed by atoms with Gasteiger partial charge in [0.15, 0.2) is 0 Å². The third-order valence-corrected chi connectivity index (χ3v) is 4.12. The van der Waals surface area contributed by atoms with Gasteiger partial charge >= 0.3 is 5.97 Å². The summed E-state index contributed by atoms with van der Waals surface area (Å²) in [5, 5.41) is 9.18. The summed E-state index contributed by atoms with van der Waals surface area (Å²) in [4.78, 5) is 24.9. The van der Waals surface area contributed by atoms with Crippen LogP contribution in [0.2, 0.25) is 0 Å². The van der Waals surface area contributed by atoms with E-state index in [9.17, 15) is 14.7 Å². The summed E-state index contributed by atoms with van der Waals surface area (Å²) in [5.74, 6) is -0.947. The van der Waals surface area contributed by atoms with Crippen LogP contribution in [0.3, 0.4) is 0 Å². The zero-order valence-electron chi connectivity index (χ0n) is 11.2. The number of piperidine rings is 1. The molecule has 1 aliphatic heterocycles. The molecule has 1 heterocycles. The molecule has 1 aromatic carbocycles. The molecule has 108 valence electrons. The number of hydrogen-bond donors (Lipinski definition) is 1. The summed E-state index contributed by atoms with van der Waals surface area (Å²) in [6, 6.07) is 7.20. The van der Waals surface area contributed by atoms with Gasteiger partial charge in [-0.3, -0.25) is 4.79 Å². The van der Waals surface area contributed by atoms with E-state index in [1.807, 2.05) is 24.3 Å². The first-order valence-corrected chi connectivity index (χ1v) is 7.64. The van der Waals surface area contributed by atoms with Crippen LogP contribution in [-0.2, 0) is 16.0 Å². The van der Waals surface area contributed by atoms with Crippen molar-refractivity contribution in [3.8, 4) is 0 Å². The van der Waals surface area contributed by atoms with Crippen LogP contribution >= 0.6 is 15.9 Å². The Hall–Kier alpha value is -1.36. The predicted octanol–water partition coefficient (Wildman–Crippen LogP) is 2.85. The Morgan fingerprint density at radius 3 is 2.85 bits per heavy atom. The summed E-state index contributed by atoms with van der Waals surface area (Å²) in [6.45, 7) is 0.564. The molecular formula is C15H18BrNO3. The number of hydrogen-bond acceptors (Lipinski definition) is 2. The number of likely N-dealkylation sites (tertiary alicyclic amines) is 1. The SMILES string of the molecule is O=C(O)[C@H]1CCCCN1C(=O)CCc1cccc(Br)c1. The number of halogens is 1. The van der Waals surface area contributed by atoms with Gasteiger partial charge in [-0.15, -0.1) is 0 Å². The van der Waals surface area contributed by atoms with E-state index in [4.69, 9.17) is 0 Å². The van der Waals surface area contributed by atoms with Crippen LogP contribution in [0, 0.1) is 0 Å². The number of carbonyl (C=O) groups is 2. The number of rotatable bonds is 4. The minimum Gasteiger partial charge on any atom is -0.480 e. The van der Waals surface area contributed by atoms with E-state index in [0.717, 1.165) is 22.9 Å². The van der Waals surface area contributed by atoms with Crippen molar-refractivity contribution in [2.75, 3.05) is 6.54 Å². The highest BCUT2D eigenvalue weighted by molar-refractivity contribution is 9.10. The van der Waals surface area contributed by atoms with Gasteiger partial charge in [-0.2, -0.15) is 0 Å². The van der Waals surface area contributed by atoms with Crippen molar-refractivity contribution in [1.82, 2.24) is 4.90 Å². The van der Waals surface area contributed by atoms with E-state index < -0.39 is 12.0 Å². The molecule has 0 spiro atoms. The third kappa shape index (κ3) is 3.82. The second-order valence-electron chi connectivity index (χ2n) is 5.07. The number of carbonyl (C=O) groups excluding carboxylic acids is 1. The van der Waals surface area contributed by atoms with Gasteiger partial charge in [-0.05, 0) is 43.4 Å². The van der Waals surface area contributed by atoms with Gasteiger partial charge in [0.1, 0.15) is 6.04 Å². The molecule has 5 heteroatoms. The van der Waals surface area contributed by atoms with E-state index in [2.05, 4.69) is 15.9 Å². The number of aryl methyl sites for hydroxylation is 1. The molecule has 1 atom stereocenters.